The number of nitrogens with two attached hydrogens (primary N) is 1. The Morgan fingerprint density at radius 3 is 2.33 bits per heavy atom. The SMILES string of the molecule is CCC(N)Cc1ccccc1N(C)c1ccccc1OC. The van der Waals surface area contributed by atoms with Gasteiger partial charge in [-0.05, 0) is 36.6 Å². The Hall–Kier alpha value is -2.00. The zero-order chi connectivity index (χ0) is 15.2. The molecule has 0 heterocycles. The monoisotopic (exact) mass is 284 g/mol. The highest BCUT2D eigenvalue weighted by atomic mass is 16.5. The molecule has 2 aromatic carbocycles. The zero-order valence-electron chi connectivity index (χ0n) is 13.0. The summed E-state index contributed by atoms with van der Waals surface area (Å²) in [6.45, 7) is 2.12. The lowest BCUT2D eigenvalue weighted by Crippen LogP contribution is -2.23. The Labute approximate surface area is 127 Å². The third-order valence-electron chi connectivity index (χ3n) is 3.81. The van der Waals surface area contributed by atoms with E-state index in [-0.39, 0.29) is 6.04 Å². The summed E-state index contributed by atoms with van der Waals surface area (Å²) >= 11 is 0. The molecule has 0 spiro atoms. The smallest absolute Gasteiger partial charge is 0.142 e. The van der Waals surface area contributed by atoms with Gasteiger partial charge in [0.15, 0.2) is 0 Å². The lowest BCUT2D eigenvalue weighted by Gasteiger charge is -2.25. The van der Waals surface area contributed by atoms with E-state index < -0.39 is 0 Å². The molecule has 2 rings (SSSR count). The van der Waals surface area contributed by atoms with Gasteiger partial charge in [-0.1, -0.05) is 37.3 Å². The number of hydrogen-bond acceptors (Lipinski definition) is 3. The quantitative estimate of drug-likeness (QED) is 0.878. The van der Waals surface area contributed by atoms with E-state index >= 15 is 0 Å². The van der Waals surface area contributed by atoms with Crippen LogP contribution in [-0.2, 0) is 6.42 Å². The van der Waals surface area contributed by atoms with Crippen molar-refractivity contribution < 1.29 is 4.74 Å². The van der Waals surface area contributed by atoms with E-state index in [1.165, 1.54) is 11.3 Å². The third kappa shape index (κ3) is 3.56. The highest BCUT2D eigenvalue weighted by Gasteiger charge is 2.14. The molecule has 1 atom stereocenters. The Morgan fingerprint density at radius 2 is 1.67 bits per heavy atom. The molecule has 3 heteroatoms. The van der Waals surface area contributed by atoms with Crippen LogP contribution in [-0.4, -0.2) is 20.2 Å². The molecular weight excluding hydrogens is 260 g/mol. The number of para-hydroxylation sites is 3. The van der Waals surface area contributed by atoms with Crippen LogP contribution < -0.4 is 15.4 Å². The number of benzene rings is 2. The van der Waals surface area contributed by atoms with Crippen molar-refractivity contribution in [2.75, 3.05) is 19.1 Å². The van der Waals surface area contributed by atoms with Crippen LogP contribution in [0.1, 0.15) is 18.9 Å². The topological polar surface area (TPSA) is 38.5 Å². The molecule has 0 aromatic heterocycles. The molecule has 2 N–H and O–H groups in total. The largest absolute Gasteiger partial charge is 0.495 e. The van der Waals surface area contributed by atoms with Crippen LogP contribution in [0.15, 0.2) is 48.5 Å². The number of rotatable bonds is 6. The summed E-state index contributed by atoms with van der Waals surface area (Å²) in [4.78, 5) is 2.16. The van der Waals surface area contributed by atoms with Gasteiger partial charge in [-0.2, -0.15) is 0 Å². The second kappa shape index (κ2) is 7.14. The average molecular weight is 284 g/mol. The normalized spacial score (nSPS) is 12.0. The summed E-state index contributed by atoms with van der Waals surface area (Å²) in [5.41, 5.74) is 9.62. The fraction of sp³-hybridized carbons (Fsp3) is 0.333. The maximum absolute atomic E-state index is 6.13. The highest BCUT2D eigenvalue weighted by molar-refractivity contribution is 5.70. The van der Waals surface area contributed by atoms with Gasteiger partial charge in [-0.3, -0.25) is 0 Å². The summed E-state index contributed by atoms with van der Waals surface area (Å²) in [6, 6.07) is 16.6. The van der Waals surface area contributed by atoms with Gasteiger partial charge >= 0.3 is 0 Å². The minimum Gasteiger partial charge on any atom is -0.495 e. The first-order valence-corrected chi connectivity index (χ1v) is 7.37. The van der Waals surface area contributed by atoms with Crippen molar-refractivity contribution >= 4 is 11.4 Å². The van der Waals surface area contributed by atoms with Crippen molar-refractivity contribution in [2.24, 2.45) is 5.73 Å². The molecule has 0 amide bonds. The molecule has 0 aliphatic heterocycles. The predicted octanol–water partition coefficient (Wildman–Crippen LogP) is 3.74. The van der Waals surface area contributed by atoms with Crippen molar-refractivity contribution in [3.05, 3.63) is 54.1 Å². The molecule has 0 aliphatic rings. The minimum absolute atomic E-state index is 0.192. The Morgan fingerprint density at radius 1 is 1.05 bits per heavy atom. The van der Waals surface area contributed by atoms with E-state index in [0.717, 1.165) is 24.3 Å². The molecule has 1 unspecified atom stereocenters. The van der Waals surface area contributed by atoms with Gasteiger partial charge in [0.25, 0.3) is 0 Å². The first-order chi connectivity index (χ1) is 10.2. The van der Waals surface area contributed by atoms with Crippen LogP contribution in [0, 0.1) is 0 Å². The molecule has 0 radical (unpaired) electrons. The lowest BCUT2D eigenvalue weighted by atomic mass is 10.0. The number of hydrogen-bond donors (Lipinski definition) is 1. The minimum atomic E-state index is 0.192. The Kier molecular flexibility index (Phi) is 5.23. The van der Waals surface area contributed by atoms with Gasteiger partial charge in [0.2, 0.25) is 0 Å². The molecule has 0 fully saturated rings. The van der Waals surface area contributed by atoms with Crippen molar-refractivity contribution in [1.82, 2.24) is 0 Å². The standard InChI is InChI=1S/C18H24N2O/c1-4-15(19)13-14-9-5-6-10-16(14)20(2)17-11-7-8-12-18(17)21-3/h5-12,15H,4,13,19H2,1-3H3. The van der Waals surface area contributed by atoms with Crippen LogP contribution >= 0.6 is 0 Å². The van der Waals surface area contributed by atoms with E-state index in [0.29, 0.717) is 0 Å². The summed E-state index contributed by atoms with van der Waals surface area (Å²) in [5.74, 6) is 0.870. The Bertz CT molecular complexity index is 583. The number of anilines is 2. The van der Waals surface area contributed by atoms with Crippen LogP contribution in [0.25, 0.3) is 0 Å². The van der Waals surface area contributed by atoms with Gasteiger partial charge in [0.1, 0.15) is 5.75 Å². The van der Waals surface area contributed by atoms with Crippen molar-refractivity contribution in [1.29, 1.82) is 0 Å². The first kappa shape index (κ1) is 15.4. The summed E-state index contributed by atoms with van der Waals surface area (Å²) in [6.07, 6.45) is 1.86. The fourth-order valence-corrected chi connectivity index (χ4v) is 2.47. The molecule has 0 bridgehead atoms. The van der Waals surface area contributed by atoms with Crippen molar-refractivity contribution in [3.8, 4) is 5.75 Å². The lowest BCUT2D eigenvalue weighted by molar-refractivity contribution is 0.415. The van der Waals surface area contributed by atoms with Crippen LogP contribution in [0.4, 0.5) is 11.4 Å². The van der Waals surface area contributed by atoms with Gasteiger partial charge in [0, 0.05) is 18.8 Å². The predicted molar refractivity (Wildman–Crippen MR) is 89.5 cm³/mol. The molecule has 112 valence electrons. The molecule has 3 nitrogen and oxygen atoms in total. The second-order valence-electron chi connectivity index (χ2n) is 5.23. The maximum Gasteiger partial charge on any atom is 0.142 e. The highest BCUT2D eigenvalue weighted by Crippen LogP contribution is 2.34. The molecular formula is C18H24N2O. The van der Waals surface area contributed by atoms with Crippen LogP contribution in [0.5, 0.6) is 5.75 Å². The molecule has 0 saturated carbocycles. The fourth-order valence-electron chi connectivity index (χ4n) is 2.47. The van der Waals surface area contributed by atoms with Crippen LogP contribution in [0.2, 0.25) is 0 Å². The van der Waals surface area contributed by atoms with E-state index in [9.17, 15) is 0 Å². The molecule has 21 heavy (non-hydrogen) atoms. The summed E-state index contributed by atoms with van der Waals surface area (Å²) in [5, 5.41) is 0. The van der Waals surface area contributed by atoms with E-state index in [1.807, 2.05) is 18.2 Å². The van der Waals surface area contributed by atoms with E-state index in [2.05, 4.69) is 49.2 Å². The number of ether oxygens (including phenoxy) is 1. The second-order valence-corrected chi connectivity index (χ2v) is 5.23. The van der Waals surface area contributed by atoms with Gasteiger partial charge in [-0.15, -0.1) is 0 Å². The van der Waals surface area contributed by atoms with Gasteiger partial charge < -0.3 is 15.4 Å². The van der Waals surface area contributed by atoms with E-state index in [1.54, 1.807) is 7.11 Å². The van der Waals surface area contributed by atoms with Gasteiger partial charge in [-0.25, -0.2) is 0 Å². The first-order valence-electron chi connectivity index (χ1n) is 7.37. The zero-order valence-corrected chi connectivity index (χ0v) is 13.0. The maximum atomic E-state index is 6.13. The molecule has 2 aromatic rings. The van der Waals surface area contributed by atoms with E-state index in [4.69, 9.17) is 10.5 Å². The van der Waals surface area contributed by atoms with Crippen molar-refractivity contribution in [3.63, 3.8) is 0 Å². The molecule has 0 saturated heterocycles. The van der Waals surface area contributed by atoms with Gasteiger partial charge in [0.05, 0.1) is 12.8 Å². The van der Waals surface area contributed by atoms with Crippen molar-refractivity contribution in [2.45, 2.75) is 25.8 Å². The summed E-state index contributed by atoms with van der Waals surface area (Å²) in [7, 11) is 3.76. The number of nitrogens with zero attached hydrogens (tertiary/aromatic N) is 1. The van der Waals surface area contributed by atoms with Crippen LogP contribution in [0.3, 0.4) is 0 Å². The Balaban J connectivity index is 2.37. The summed E-state index contributed by atoms with van der Waals surface area (Å²) < 4.78 is 5.46. The average Bonchev–Trinajstić information content (AvgIpc) is 2.54. The third-order valence-corrected chi connectivity index (χ3v) is 3.81. The number of methoxy groups -OCH3 is 1. The molecule has 0 aliphatic carbocycles.